The third-order valence-electron chi connectivity index (χ3n) is 8.80. The van der Waals surface area contributed by atoms with Crippen LogP contribution in [-0.2, 0) is 4.79 Å². The molecule has 5 N–H and O–H groups in total. The number of carboxylic acid groups (broad SMARTS) is 1. The monoisotopic (exact) mass is 492 g/mol. The van der Waals surface area contributed by atoms with Crippen molar-refractivity contribution in [1.29, 1.82) is 0 Å². The first-order chi connectivity index (χ1) is 16.2. The molecule has 2 aliphatic carbocycles. The van der Waals surface area contributed by atoms with Crippen molar-refractivity contribution in [3.63, 3.8) is 0 Å². The number of allylic oxidation sites excluding steroid dienone is 3. The van der Waals surface area contributed by atoms with E-state index in [0.717, 1.165) is 18.4 Å². The molecule has 10 unspecified atom stereocenters. The highest BCUT2D eigenvalue weighted by atomic mass is 16.4. The molecule has 35 heavy (non-hydrogen) atoms. The SMILES string of the molecule is CC(=CC1C(C(C)=CCC(O)CC(O)C(C)C(O)C(C)C)C=CC2(C)C(O)CCC(C)C12)C(=O)O. The highest BCUT2D eigenvalue weighted by molar-refractivity contribution is 5.85. The van der Waals surface area contributed by atoms with Crippen molar-refractivity contribution in [2.24, 2.45) is 40.9 Å². The number of hydrogen-bond donors (Lipinski definition) is 5. The molecule has 10 atom stereocenters. The number of carbonyl (C=O) groups is 1. The molecule has 6 heteroatoms. The fourth-order valence-electron chi connectivity index (χ4n) is 6.33. The average molecular weight is 493 g/mol. The molecule has 0 radical (unpaired) electrons. The van der Waals surface area contributed by atoms with Gasteiger partial charge in [-0.3, -0.25) is 0 Å². The summed E-state index contributed by atoms with van der Waals surface area (Å²) in [6.07, 6.45) is 7.62. The molecule has 0 bridgehead atoms. The molecule has 0 aromatic heterocycles. The van der Waals surface area contributed by atoms with Crippen LogP contribution in [0.5, 0.6) is 0 Å². The molecule has 2 aliphatic rings. The Labute approximate surface area is 211 Å². The molecule has 0 aromatic rings. The van der Waals surface area contributed by atoms with E-state index in [0.29, 0.717) is 17.9 Å². The second-order valence-corrected chi connectivity index (χ2v) is 11.8. The van der Waals surface area contributed by atoms with Crippen molar-refractivity contribution in [2.75, 3.05) is 0 Å². The lowest BCUT2D eigenvalue weighted by Crippen LogP contribution is -2.51. The zero-order valence-corrected chi connectivity index (χ0v) is 22.6. The Morgan fingerprint density at radius 3 is 2.34 bits per heavy atom. The van der Waals surface area contributed by atoms with Crippen LogP contribution in [0.15, 0.2) is 35.5 Å². The largest absolute Gasteiger partial charge is 0.478 e. The number of rotatable bonds is 10. The van der Waals surface area contributed by atoms with E-state index in [1.807, 2.05) is 32.9 Å². The maximum Gasteiger partial charge on any atom is 0.330 e. The Balaban J connectivity index is 2.26. The van der Waals surface area contributed by atoms with Gasteiger partial charge in [0.1, 0.15) is 0 Å². The summed E-state index contributed by atoms with van der Waals surface area (Å²) in [6.45, 7) is 13.5. The van der Waals surface area contributed by atoms with E-state index in [2.05, 4.69) is 26.0 Å². The molecule has 1 saturated carbocycles. The van der Waals surface area contributed by atoms with E-state index in [1.54, 1.807) is 13.8 Å². The van der Waals surface area contributed by atoms with Gasteiger partial charge < -0.3 is 25.5 Å². The number of fused-ring (bicyclic) bond motifs is 1. The molecule has 1 fully saturated rings. The van der Waals surface area contributed by atoms with Crippen LogP contribution in [0.3, 0.4) is 0 Å². The minimum atomic E-state index is -0.937. The van der Waals surface area contributed by atoms with E-state index < -0.39 is 35.8 Å². The van der Waals surface area contributed by atoms with Crippen LogP contribution < -0.4 is 0 Å². The fraction of sp³-hybridized carbons (Fsp3) is 0.759. The summed E-state index contributed by atoms with van der Waals surface area (Å²) in [4.78, 5) is 11.7. The van der Waals surface area contributed by atoms with Crippen molar-refractivity contribution in [2.45, 2.75) is 98.6 Å². The molecular formula is C29H48O6. The van der Waals surface area contributed by atoms with Crippen LogP contribution in [0.1, 0.15) is 74.1 Å². The van der Waals surface area contributed by atoms with Crippen LogP contribution >= 0.6 is 0 Å². The fourth-order valence-corrected chi connectivity index (χ4v) is 6.33. The normalized spacial score (nSPS) is 35.4. The predicted molar refractivity (Wildman–Crippen MR) is 139 cm³/mol. The standard InChI is InChI=1S/C29H48O6/c1-16(2)27(33)20(6)24(31)15-21(30)10-8-17(3)22-12-13-29(7)25(32)11-9-18(4)26(29)23(22)14-19(5)28(34)35/h8,12-14,16,18,20-27,30-33H,9-11,15H2,1-7H3,(H,34,35). The highest BCUT2D eigenvalue weighted by Gasteiger charge is 2.51. The molecule has 0 spiro atoms. The molecule has 0 saturated heterocycles. The Morgan fingerprint density at radius 2 is 1.77 bits per heavy atom. The molecule has 0 aliphatic heterocycles. The van der Waals surface area contributed by atoms with Crippen LogP contribution in [0.2, 0.25) is 0 Å². The van der Waals surface area contributed by atoms with Crippen LogP contribution in [-0.4, -0.2) is 55.9 Å². The summed E-state index contributed by atoms with van der Waals surface area (Å²) in [5.41, 5.74) is 0.933. The zero-order valence-electron chi connectivity index (χ0n) is 22.6. The van der Waals surface area contributed by atoms with Gasteiger partial charge in [-0.05, 0) is 63.2 Å². The minimum absolute atomic E-state index is 0.0302. The maximum atomic E-state index is 11.7. The Morgan fingerprint density at radius 1 is 1.14 bits per heavy atom. The third kappa shape index (κ3) is 6.85. The molecule has 200 valence electrons. The average Bonchev–Trinajstić information content (AvgIpc) is 2.78. The predicted octanol–water partition coefficient (Wildman–Crippen LogP) is 4.33. The van der Waals surface area contributed by atoms with E-state index in [-0.39, 0.29) is 36.0 Å². The lowest BCUT2D eigenvalue weighted by atomic mass is 9.52. The second kappa shape index (κ2) is 12.2. The molecule has 0 amide bonds. The first kappa shape index (κ1) is 29.8. The first-order valence-electron chi connectivity index (χ1n) is 13.2. The second-order valence-electron chi connectivity index (χ2n) is 11.8. The Hall–Kier alpha value is -1.47. The summed E-state index contributed by atoms with van der Waals surface area (Å²) in [7, 11) is 0. The summed E-state index contributed by atoms with van der Waals surface area (Å²) < 4.78 is 0. The maximum absolute atomic E-state index is 11.7. The highest BCUT2D eigenvalue weighted by Crippen LogP contribution is 2.55. The van der Waals surface area contributed by atoms with Gasteiger partial charge in [-0.15, -0.1) is 0 Å². The number of carboxylic acids is 1. The first-order valence-corrected chi connectivity index (χ1v) is 13.2. The third-order valence-corrected chi connectivity index (χ3v) is 8.80. The van der Waals surface area contributed by atoms with Crippen LogP contribution in [0.25, 0.3) is 0 Å². The summed E-state index contributed by atoms with van der Waals surface area (Å²) in [5, 5.41) is 51.8. The van der Waals surface area contributed by atoms with E-state index >= 15 is 0 Å². The van der Waals surface area contributed by atoms with Crippen LogP contribution in [0.4, 0.5) is 0 Å². The van der Waals surface area contributed by atoms with Gasteiger partial charge in [0.2, 0.25) is 0 Å². The van der Waals surface area contributed by atoms with Gasteiger partial charge in [-0.1, -0.05) is 64.5 Å². The number of aliphatic hydroxyl groups is 4. The number of aliphatic hydroxyl groups excluding tert-OH is 4. The number of hydrogen-bond acceptors (Lipinski definition) is 5. The zero-order chi connectivity index (χ0) is 26.7. The lowest BCUT2D eigenvalue weighted by Gasteiger charge is -2.54. The number of aliphatic carboxylic acids is 1. The minimum Gasteiger partial charge on any atom is -0.478 e. The van der Waals surface area contributed by atoms with Gasteiger partial charge in [-0.25, -0.2) is 4.79 Å². The summed E-state index contributed by atoms with van der Waals surface area (Å²) >= 11 is 0. The molecular weight excluding hydrogens is 444 g/mol. The molecule has 0 heterocycles. The van der Waals surface area contributed by atoms with Crippen molar-refractivity contribution in [3.05, 3.63) is 35.5 Å². The van der Waals surface area contributed by atoms with Gasteiger partial charge in [0, 0.05) is 22.8 Å². The molecule has 6 nitrogen and oxygen atoms in total. The van der Waals surface area contributed by atoms with Gasteiger partial charge in [0.15, 0.2) is 0 Å². The van der Waals surface area contributed by atoms with Gasteiger partial charge in [-0.2, -0.15) is 0 Å². The van der Waals surface area contributed by atoms with Crippen molar-refractivity contribution in [3.8, 4) is 0 Å². The lowest BCUT2D eigenvalue weighted by molar-refractivity contribution is -0.132. The topological polar surface area (TPSA) is 118 Å². The van der Waals surface area contributed by atoms with Crippen molar-refractivity contribution in [1.82, 2.24) is 0 Å². The van der Waals surface area contributed by atoms with Gasteiger partial charge >= 0.3 is 5.97 Å². The van der Waals surface area contributed by atoms with Crippen LogP contribution in [0, 0.1) is 40.9 Å². The Kier molecular flexibility index (Phi) is 10.4. The van der Waals surface area contributed by atoms with E-state index in [9.17, 15) is 30.3 Å². The van der Waals surface area contributed by atoms with Crippen molar-refractivity contribution < 1.29 is 30.3 Å². The molecule has 0 aromatic carbocycles. The van der Waals surface area contributed by atoms with Crippen molar-refractivity contribution >= 4 is 5.97 Å². The van der Waals surface area contributed by atoms with E-state index in [1.165, 1.54) is 0 Å². The van der Waals surface area contributed by atoms with Gasteiger partial charge in [0.05, 0.1) is 24.4 Å². The Bertz CT molecular complexity index is 814. The van der Waals surface area contributed by atoms with Gasteiger partial charge in [0.25, 0.3) is 0 Å². The smallest absolute Gasteiger partial charge is 0.330 e. The quantitative estimate of drug-likeness (QED) is 0.229. The molecule has 2 rings (SSSR count). The summed E-state index contributed by atoms with van der Waals surface area (Å²) in [5.74, 6) is -0.915. The summed E-state index contributed by atoms with van der Waals surface area (Å²) in [6, 6.07) is 0. The van der Waals surface area contributed by atoms with E-state index in [4.69, 9.17) is 0 Å².